The molecule has 0 bridgehead atoms. The van der Waals surface area contributed by atoms with Crippen LogP contribution in [0.25, 0.3) is 6.08 Å². The zero-order valence-electron chi connectivity index (χ0n) is 17.5. The fourth-order valence-electron chi connectivity index (χ4n) is 3.22. The molecular formula is C24H26N2O3. The molecule has 0 aliphatic heterocycles. The van der Waals surface area contributed by atoms with Gasteiger partial charge in [-0.3, -0.25) is 9.48 Å². The van der Waals surface area contributed by atoms with Gasteiger partial charge in [0.25, 0.3) is 0 Å². The lowest BCUT2D eigenvalue weighted by atomic mass is 10.1. The molecule has 29 heavy (non-hydrogen) atoms. The van der Waals surface area contributed by atoms with Gasteiger partial charge < -0.3 is 9.47 Å². The monoisotopic (exact) mass is 390 g/mol. The molecule has 5 nitrogen and oxygen atoms in total. The molecule has 0 radical (unpaired) electrons. The Balaban J connectivity index is 1.81. The summed E-state index contributed by atoms with van der Waals surface area (Å²) in [6.45, 7) is 6.75. The van der Waals surface area contributed by atoms with Crippen LogP contribution >= 0.6 is 0 Å². The van der Waals surface area contributed by atoms with Crippen molar-refractivity contribution in [2.75, 3.05) is 14.2 Å². The van der Waals surface area contributed by atoms with E-state index in [9.17, 15) is 4.79 Å². The molecule has 0 saturated carbocycles. The Morgan fingerprint density at radius 1 is 1.00 bits per heavy atom. The minimum Gasteiger partial charge on any atom is -0.493 e. The van der Waals surface area contributed by atoms with E-state index in [4.69, 9.17) is 9.47 Å². The minimum absolute atomic E-state index is 0.101. The van der Waals surface area contributed by atoms with E-state index < -0.39 is 0 Å². The van der Waals surface area contributed by atoms with Crippen molar-refractivity contribution in [1.29, 1.82) is 0 Å². The Morgan fingerprint density at radius 2 is 1.69 bits per heavy atom. The smallest absolute Gasteiger partial charge is 0.185 e. The van der Waals surface area contributed by atoms with Crippen LogP contribution in [0.2, 0.25) is 0 Å². The van der Waals surface area contributed by atoms with E-state index in [2.05, 4.69) is 36.3 Å². The van der Waals surface area contributed by atoms with Crippen molar-refractivity contribution in [2.24, 2.45) is 0 Å². The molecule has 150 valence electrons. The van der Waals surface area contributed by atoms with Crippen LogP contribution in [-0.2, 0) is 6.54 Å². The summed E-state index contributed by atoms with van der Waals surface area (Å²) in [6, 6.07) is 13.6. The second kappa shape index (κ2) is 8.78. The van der Waals surface area contributed by atoms with E-state index in [1.54, 1.807) is 38.5 Å². The molecule has 0 saturated heterocycles. The molecule has 0 unspecified atom stereocenters. The number of methoxy groups -OCH3 is 2. The predicted molar refractivity (Wildman–Crippen MR) is 115 cm³/mol. The van der Waals surface area contributed by atoms with E-state index in [0.29, 0.717) is 23.6 Å². The van der Waals surface area contributed by atoms with Crippen LogP contribution in [0.3, 0.4) is 0 Å². The third kappa shape index (κ3) is 4.57. The van der Waals surface area contributed by atoms with Crippen LogP contribution in [0.4, 0.5) is 0 Å². The molecule has 0 atom stereocenters. The quantitative estimate of drug-likeness (QED) is 0.431. The van der Waals surface area contributed by atoms with Crippen molar-refractivity contribution in [3.8, 4) is 11.5 Å². The molecule has 0 N–H and O–H groups in total. The zero-order chi connectivity index (χ0) is 21.0. The topological polar surface area (TPSA) is 53.3 Å². The molecule has 1 heterocycles. The maximum absolute atomic E-state index is 12.6. The lowest BCUT2D eigenvalue weighted by molar-refractivity contribution is 0.104. The summed E-state index contributed by atoms with van der Waals surface area (Å²) in [6.07, 6.45) is 3.41. The summed E-state index contributed by atoms with van der Waals surface area (Å²) in [7, 11) is 3.12. The molecule has 0 amide bonds. The van der Waals surface area contributed by atoms with Crippen molar-refractivity contribution in [2.45, 2.75) is 27.3 Å². The van der Waals surface area contributed by atoms with Crippen LogP contribution in [0.5, 0.6) is 11.5 Å². The first-order valence-electron chi connectivity index (χ1n) is 9.47. The van der Waals surface area contributed by atoms with Gasteiger partial charge in [-0.05, 0) is 56.7 Å². The van der Waals surface area contributed by atoms with Crippen LogP contribution < -0.4 is 9.47 Å². The Bertz CT molecular complexity index is 1050. The summed E-state index contributed by atoms with van der Waals surface area (Å²) >= 11 is 0. The molecule has 3 aromatic rings. The lowest BCUT2D eigenvalue weighted by Gasteiger charge is -2.08. The zero-order valence-corrected chi connectivity index (χ0v) is 17.5. The number of aryl methyl sites for hydroxylation is 2. The summed E-state index contributed by atoms with van der Waals surface area (Å²) in [5.41, 5.74) is 5.86. The largest absolute Gasteiger partial charge is 0.493 e. The predicted octanol–water partition coefficient (Wildman–Crippen LogP) is 4.77. The molecular weight excluding hydrogens is 364 g/mol. The molecule has 0 aliphatic carbocycles. The molecule has 1 aromatic heterocycles. The molecule has 5 heteroatoms. The first kappa shape index (κ1) is 20.4. The highest BCUT2D eigenvalue weighted by Crippen LogP contribution is 2.28. The van der Waals surface area contributed by atoms with Gasteiger partial charge in [0.15, 0.2) is 17.3 Å². The van der Waals surface area contributed by atoms with Crippen LogP contribution in [0.15, 0.2) is 48.5 Å². The Morgan fingerprint density at radius 3 is 2.34 bits per heavy atom. The summed E-state index contributed by atoms with van der Waals surface area (Å²) in [5, 5.41) is 4.65. The number of allylic oxidation sites excluding steroid dienone is 1. The number of hydrogen-bond donors (Lipinski definition) is 0. The number of benzene rings is 2. The Labute approximate surface area is 171 Å². The fourth-order valence-corrected chi connectivity index (χ4v) is 3.22. The third-order valence-electron chi connectivity index (χ3n) is 4.96. The molecule has 0 fully saturated rings. The van der Waals surface area contributed by atoms with Gasteiger partial charge in [-0.2, -0.15) is 5.10 Å². The maximum atomic E-state index is 12.6. The van der Waals surface area contributed by atoms with Gasteiger partial charge in [0, 0.05) is 16.8 Å². The van der Waals surface area contributed by atoms with E-state index in [1.165, 1.54) is 11.1 Å². The van der Waals surface area contributed by atoms with Crippen LogP contribution in [0, 0.1) is 20.8 Å². The average molecular weight is 390 g/mol. The van der Waals surface area contributed by atoms with Crippen molar-refractivity contribution < 1.29 is 14.3 Å². The standard InChI is InChI=1S/C24H26N2O3/c1-16-6-8-19(9-7-16)15-26-18(3)21(17(2)25-26)11-12-22(27)20-10-13-23(28-4)24(14-20)29-5/h6-14H,15H2,1-5H3/b12-11+. The third-order valence-corrected chi connectivity index (χ3v) is 4.96. The molecule has 2 aromatic carbocycles. The van der Waals surface area contributed by atoms with Crippen molar-refractivity contribution in [3.63, 3.8) is 0 Å². The minimum atomic E-state index is -0.101. The Kier molecular flexibility index (Phi) is 6.17. The summed E-state index contributed by atoms with van der Waals surface area (Å²) < 4.78 is 12.5. The van der Waals surface area contributed by atoms with Crippen molar-refractivity contribution in [3.05, 3.63) is 82.2 Å². The highest BCUT2D eigenvalue weighted by atomic mass is 16.5. The number of rotatable bonds is 7. The fraction of sp³-hybridized carbons (Fsp3) is 0.250. The number of ether oxygens (including phenoxy) is 2. The van der Waals surface area contributed by atoms with Crippen molar-refractivity contribution in [1.82, 2.24) is 9.78 Å². The number of aromatic nitrogens is 2. The normalized spacial score (nSPS) is 11.1. The van der Waals surface area contributed by atoms with E-state index in [1.807, 2.05) is 24.6 Å². The average Bonchev–Trinajstić information content (AvgIpc) is 2.99. The van der Waals surface area contributed by atoms with Gasteiger partial charge in [0.2, 0.25) is 0 Å². The van der Waals surface area contributed by atoms with Crippen molar-refractivity contribution >= 4 is 11.9 Å². The number of carbonyl (C=O) groups is 1. The summed E-state index contributed by atoms with van der Waals surface area (Å²) in [4.78, 5) is 12.6. The maximum Gasteiger partial charge on any atom is 0.185 e. The van der Waals surface area contributed by atoms with Gasteiger partial charge in [-0.25, -0.2) is 0 Å². The second-order valence-electron chi connectivity index (χ2n) is 7.00. The lowest BCUT2D eigenvalue weighted by Crippen LogP contribution is -2.04. The molecule has 0 spiro atoms. The Hall–Kier alpha value is -3.34. The first-order chi connectivity index (χ1) is 13.9. The van der Waals surface area contributed by atoms with E-state index in [-0.39, 0.29) is 5.78 Å². The molecule has 0 aliphatic rings. The van der Waals surface area contributed by atoms with Gasteiger partial charge >= 0.3 is 0 Å². The van der Waals surface area contributed by atoms with Gasteiger partial charge in [-0.1, -0.05) is 29.8 Å². The number of hydrogen-bond acceptors (Lipinski definition) is 4. The number of carbonyl (C=O) groups excluding carboxylic acids is 1. The SMILES string of the molecule is COc1ccc(C(=O)/C=C/c2c(C)nn(Cc3ccc(C)cc3)c2C)cc1OC. The number of nitrogens with zero attached hydrogens (tertiary/aromatic N) is 2. The molecule has 3 rings (SSSR count). The van der Waals surface area contributed by atoms with Gasteiger partial charge in [-0.15, -0.1) is 0 Å². The van der Waals surface area contributed by atoms with E-state index in [0.717, 1.165) is 17.0 Å². The second-order valence-corrected chi connectivity index (χ2v) is 7.00. The number of ketones is 1. The van der Waals surface area contributed by atoms with Gasteiger partial charge in [0.1, 0.15) is 0 Å². The highest BCUT2D eigenvalue weighted by molar-refractivity contribution is 6.07. The highest BCUT2D eigenvalue weighted by Gasteiger charge is 2.12. The van der Waals surface area contributed by atoms with Crippen LogP contribution in [-0.4, -0.2) is 29.8 Å². The first-order valence-corrected chi connectivity index (χ1v) is 9.47. The van der Waals surface area contributed by atoms with E-state index >= 15 is 0 Å². The van der Waals surface area contributed by atoms with Crippen LogP contribution in [0.1, 0.15) is 38.4 Å². The summed E-state index contributed by atoms with van der Waals surface area (Å²) in [5.74, 6) is 1.03. The van der Waals surface area contributed by atoms with Gasteiger partial charge in [0.05, 0.1) is 26.5 Å².